The number of carbonyl (C=O) groups excluding carboxylic acids is 1. The maximum absolute atomic E-state index is 12.0. The third-order valence-electron chi connectivity index (χ3n) is 4.22. The normalized spacial score (nSPS) is 10.9. The summed E-state index contributed by atoms with van der Waals surface area (Å²) >= 11 is 1.34. The zero-order chi connectivity index (χ0) is 20.6. The highest BCUT2D eigenvalue weighted by atomic mass is 32.2. The number of methoxy groups -OCH3 is 1. The number of carbonyl (C=O) groups is 1. The highest BCUT2D eigenvalue weighted by Crippen LogP contribution is 2.31. The van der Waals surface area contributed by atoms with E-state index >= 15 is 0 Å². The van der Waals surface area contributed by atoms with E-state index in [0.717, 1.165) is 23.6 Å². The molecule has 0 unspecified atom stereocenters. The fourth-order valence-corrected chi connectivity index (χ4v) is 3.68. The summed E-state index contributed by atoms with van der Waals surface area (Å²) < 4.78 is 12.8. The molecule has 0 aliphatic heterocycles. The van der Waals surface area contributed by atoms with Gasteiger partial charge in [0.05, 0.1) is 24.5 Å². The summed E-state index contributed by atoms with van der Waals surface area (Å²) in [6, 6.07) is 18.0. The molecule has 3 aromatic rings. The number of hydrogen-bond acceptors (Lipinski definition) is 6. The molecule has 2 aromatic carbocycles. The maximum atomic E-state index is 12.0. The Labute approximate surface area is 175 Å². The van der Waals surface area contributed by atoms with Crippen molar-refractivity contribution in [3.63, 3.8) is 0 Å². The Morgan fingerprint density at radius 2 is 1.79 bits per heavy atom. The van der Waals surface area contributed by atoms with Gasteiger partial charge in [-0.3, -0.25) is 4.79 Å². The summed E-state index contributed by atoms with van der Waals surface area (Å²) in [7, 11) is 1.64. The van der Waals surface area contributed by atoms with Gasteiger partial charge in [-0.2, -0.15) is 0 Å². The molecule has 7 heteroatoms. The number of nitrogens with zero attached hydrogens (tertiary/aromatic N) is 3. The van der Waals surface area contributed by atoms with E-state index < -0.39 is 0 Å². The number of thioether (sulfide) groups is 1. The lowest BCUT2D eigenvalue weighted by molar-refractivity contribution is -0.144. The van der Waals surface area contributed by atoms with E-state index in [1.165, 1.54) is 17.3 Å². The summed E-state index contributed by atoms with van der Waals surface area (Å²) in [5, 5.41) is 9.43. The lowest BCUT2D eigenvalue weighted by atomic mass is 10.1. The number of rotatable bonds is 9. The largest absolute Gasteiger partial charge is 0.496 e. The van der Waals surface area contributed by atoms with Gasteiger partial charge in [0.25, 0.3) is 0 Å². The van der Waals surface area contributed by atoms with Crippen LogP contribution in [0.4, 0.5) is 0 Å². The van der Waals surface area contributed by atoms with Gasteiger partial charge in [0.15, 0.2) is 11.0 Å². The molecule has 0 aliphatic carbocycles. The van der Waals surface area contributed by atoms with Gasteiger partial charge in [0.2, 0.25) is 0 Å². The lowest BCUT2D eigenvalue weighted by Gasteiger charge is -2.13. The molecule has 0 aliphatic rings. The van der Waals surface area contributed by atoms with Crippen molar-refractivity contribution in [1.82, 2.24) is 14.8 Å². The number of para-hydroxylation sites is 1. The van der Waals surface area contributed by atoms with E-state index in [2.05, 4.69) is 22.3 Å². The highest BCUT2D eigenvalue weighted by Gasteiger charge is 2.19. The van der Waals surface area contributed by atoms with E-state index in [0.29, 0.717) is 11.7 Å². The molecule has 6 nitrogen and oxygen atoms in total. The van der Waals surface area contributed by atoms with E-state index in [-0.39, 0.29) is 17.8 Å². The Balaban J connectivity index is 1.87. The molecule has 1 heterocycles. The van der Waals surface area contributed by atoms with Crippen molar-refractivity contribution in [2.24, 2.45) is 0 Å². The minimum Gasteiger partial charge on any atom is -0.496 e. The standard InChI is InChI=1S/C22H25N3O3S/c1-16(2)28-20(26)15-29-22-24-23-21(18-11-7-8-12-19(18)27-3)25(22)14-13-17-9-5-4-6-10-17/h4-12,16H,13-15H2,1-3H3. The van der Waals surface area contributed by atoms with Gasteiger partial charge in [-0.25, -0.2) is 0 Å². The molecular weight excluding hydrogens is 386 g/mol. The quantitative estimate of drug-likeness (QED) is 0.388. The molecule has 0 fully saturated rings. The highest BCUT2D eigenvalue weighted by molar-refractivity contribution is 7.99. The molecule has 0 saturated heterocycles. The molecule has 1 aromatic heterocycles. The van der Waals surface area contributed by atoms with Gasteiger partial charge in [0, 0.05) is 6.54 Å². The van der Waals surface area contributed by atoms with Crippen LogP contribution in [0.1, 0.15) is 19.4 Å². The molecule has 0 N–H and O–H groups in total. The van der Waals surface area contributed by atoms with Crippen LogP contribution in [-0.4, -0.2) is 39.7 Å². The number of ether oxygens (including phenoxy) is 2. The van der Waals surface area contributed by atoms with E-state index in [1.807, 2.05) is 60.9 Å². The predicted molar refractivity (Wildman–Crippen MR) is 114 cm³/mol. The Morgan fingerprint density at radius 1 is 1.07 bits per heavy atom. The summed E-state index contributed by atoms with van der Waals surface area (Å²) in [6.07, 6.45) is 0.689. The minimum atomic E-state index is -0.263. The molecule has 0 atom stereocenters. The summed E-state index contributed by atoms with van der Waals surface area (Å²) in [5.74, 6) is 1.38. The van der Waals surface area contributed by atoms with Gasteiger partial charge < -0.3 is 14.0 Å². The van der Waals surface area contributed by atoms with Crippen molar-refractivity contribution < 1.29 is 14.3 Å². The Bertz CT molecular complexity index is 941. The smallest absolute Gasteiger partial charge is 0.316 e. The van der Waals surface area contributed by atoms with Crippen molar-refractivity contribution in [2.75, 3.05) is 12.9 Å². The SMILES string of the molecule is COc1ccccc1-c1nnc(SCC(=O)OC(C)C)n1CCc1ccccc1. The van der Waals surface area contributed by atoms with Crippen LogP contribution in [-0.2, 0) is 22.5 Å². The van der Waals surface area contributed by atoms with Crippen LogP contribution >= 0.6 is 11.8 Å². The lowest BCUT2D eigenvalue weighted by Crippen LogP contribution is -2.14. The van der Waals surface area contributed by atoms with E-state index in [1.54, 1.807) is 7.11 Å². The first-order chi connectivity index (χ1) is 14.1. The fraction of sp³-hybridized carbons (Fsp3) is 0.318. The van der Waals surface area contributed by atoms with Gasteiger partial charge in [-0.05, 0) is 38.0 Å². The van der Waals surface area contributed by atoms with Crippen LogP contribution in [0, 0.1) is 0 Å². The zero-order valence-electron chi connectivity index (χ0n) is 16.9. The topological polar surface area (TPSA) is 66.2 Å². The number of esters is 1. The fourth-order valence-electron chi connectivity index (χ4n) is 2.93. The van der Waals surface area contributed by atoms with Crippen LogP contribution in [0.2, 0.25) is 0 Å². The van der Waals surface area contributed by atoms with Crippen molar-refractivity contribution >= 4 is 17.7 Å². The van der Waals surface area contributed by atoms with Crippen molar-refractivity contribution in [3.8, 4) is 17.1 Å². The first kappa shape index (κ1) is 20.9. The Kier molecular flexibility index (Phi) is 7.30. The Hall–Kier alpha value is -2.80. The third-order valence-corrected chi connectivity index (χ3v) is 5.16. The van der Waals surface area contributed by atoms with Crippen LogP contribution < -0.4 is 4.74 Å². The second kappa shape index (κ2) is 10.1. The number of aromatic nitrogens is 3. The average molecular weight is 412 g/mol. The van der Waals surface area contributed by atoms with Gasteiger partial charge in [-0.1, -0.05) is 54.2 Å². The van der Waals surface area contributed by atoms with Crippen molar-refractivity contribution in [1.29, 1.82) is 0 Å². The predicted octanol–water partition coefficient (Wildman–Crippen LogP) is 4.24. The molecule has 0 bridgehead atoms. The van der Waals surface area contributed by atoms with Gasteiger partial charge in [-0.15, -0.1) is 10.2 Å². The first-order valence-electron chi connectivity index (χ1n) is 9.51. The second-order valence-electron chi connectivity index (χ2n) is 6.72. The summed E-state index contributed by atoms with van der Waals surface area (Å²) in [5.41, 5.74) is 2.09. The minimum absolute atomic E-state index is 0.136. The molecule has 3 rings (SSSR count). The third kappa shape index (κ3) is 5.60. The molecule has 0 saturated carbocycles. The number of hydrogen-bond donors (Lipinski definition) is 0. The summed E-state index contributed by atoms with van der Waals surface area (Å²) in [4.78, 5) is 12.0. The van der Waals surface area contributed by atoms with Crippen LogP contribution in [0.5, 0.6) is 5.75 Å². The van der Waals surface area contributed by atoms with E-state index in [9.17, 15) is 4.79 Å². The molecule has 0 radical (unpaired) electrons. The monoisotopic (exact) mass is 411 g/mol. The van der Waals surface area contributed by atoms with Gasteiger partial charge in [0.1, 0.15) is 5.75 Å². The van der Waals surface area contributed by atoms with E-state index in [4.69, 9.17) is 9.47 Å². The van der Waals surface area contributed by atoms with Crippen molar-refractivity contribution in [3.05, 3.63) is 60.2 Å². The number of benzene rings is 2. The first-order valence-corrected chi connectivity index (χ1v) is 10.5. The molecule has 0 spiro atoms. The Morgan fingerprint density at radius 3 is 2.52 bits per heavy atom. The molecule has 152 valence electrons. The van der Waals surface area contributed by atoms with Crippen LogP contribution in [0.15, 0.2) is 59.8 Å². The second-order valence-corrected chi connectivity index (χ2v) is 7.66. The molecular formula is C22H25N3O3S. The van der Waals surface area contributed by atoms with Gasteiger partial charge >= 0.3 is 5.97 Å². The zero-order valence-corrected chi connectivity index (χ0v) is 17.7. The molecule has 0 amide bonds. The van der Waals surface area contributed by atoms with Crippen LogP contribution in [0.25, 0.3) is 11.4 Å². The molecule has 29 heavy (non-hydrogen) atoms. The van der Waals surface area contributed by atoms with Crippen LogP contribution in [0.3, 0.4) is 0 Å². The summed E-state index contributed by atoms with van der Waals surface area (Å²) in [6.45, 7) is 4.36. The maximum Gasteiger partial charge on any atom is 0.316 e. The average Bonchev–Trinajstić information content (AvgIpc) is 3.13. The van der Waals surface area contributed by atoms with Crippen molar-refractivity contribution in [2.45, 2.75) is 38.1 Å². The number of aryl methyl sites for hydroxylation is 1.